The van der Waals surface area contributed by atoms with Gasteiger partial charge in [-0.2, -0.15) is 0 Å². The van der Waals surface area contributed by atoms with Gasteiger partial charge in [-0.25, -0.2) is 19.7 Å². The summed E-state index contributed by atoms with van der Waals surface area (Å²) in [5.41, 5.74) is 1.61. The van der Waals surface area contributed by atoms with Gasteiger partial charge in [0.1, 0.15) is 11.8 Å². The first-order valence-electron chi connectivity index (χ1n) is 10.3. The van der Waals surface area contributed by atoms with E-state index in [4.69, 9.17) is 21.1 Å². The minimum atomic E-state index is -0.553. The molecule has 1 aliphatic heterocycles. The van der Waals surface area contributed by atoms with E-state index in [1.54, 1.807) is 42.0 Å². The number of benzene rings is 1. The van der Waals surface area contributed by atoms with Gasteiger partial charge in [-0.05, 0) is 23.8 Å². The third-order valence-electron chi connectivity index (χ3n) is 5.14. The number of amides is 1. The van der Waals surface area contributed by atoms with Crippen molar-refractivity contribution in [2.45, 2.75) is 24.8 Å². The number of nitrogens with zero attached hydrogens (tertiary/aromatic N) is 4. The summed E-state index contributed by atoms with van der Waals surface area (Å²) in [4.78, 5) is 39.7. The van der Waals surface area contributed by atoms with Crippen LogP contribution in [0.1, 0.15) is 39.3 Å². The molecule has 4 rings (SSSR count). The van der Waals surface area contributed by atoms with E-state index in [-0.39, 0.29) is 23.2 Å². The number of hydrogen-bond donors (Lipinski definition) is 1. The third kappa shape index (κ3) is 5.58. The number of ether oxygens (including phenoxy) is 2. The van der Waals surface area contributed by atoms with Crippen molar-refractivity contribution in [3.05, 3.63) is 58.9 Å². The van der Waals surface area contributed by atoms with Crippen LogP contribution in [0.3, 0.4) is 0 Å². The highest BCUT2D eigenvalue weighted by Crippen LogP contribution is 2.26. The zero-order valence-corrected chi connectivity index (χ0v) is 19.4. The van der Waals surface area contributed by atoms with Crippen LogP contribution in [0.2, 0.25) is 0 Å². The maximum atomic E-state index is 12.8. The summed E-state index contributed by atoms with van der Waals surface area (Å²) in [5, 5.41) is 5.22. The molecule has 3 aromatic rings. The number of nitrogens with one attached hydrogen (secondary N) is 1. The van der Waals surface area contributed by atoms with Gasteiger partial charge in [0.2, 0.25) is 0 Å². The number of hydrogen-bond acceptors (Lipinski definition) is 9. The Kier molecular flexibility index (Phi) is 7.36. The molecule has 0 aliphatic carbocycles. The molecular formula is C22H22ClN5O4S. The Morgan fingerprint density at radius 2 is 2.00 bits per heavy atom. The third-order valence-corrected chi connectivity index (χ3v) is 6.35. The van der Waals surface area contributed by atoms with Crippen molar-refractivity contribution >= 4 is 45.6 Å². The van der Waals surface area contributed by atoms with Crippen molar-refractivity contribution < 1.29 is 19.1 Å². The van der Waals surface area contributed by atoms with E-state index < -0.39 is 11.9 Å². The quantitative estimate of drug-likeness (QED) is 0.396. The lowest BCUT2D eigenvalue weighted by Crippen LogP contribution is -2.38. The number of halogens is 1. The standard InChI is InChI=1S/C22H22ClN5O4S/c1-31-20(30)16-11-14(12-23)3-4-17(16)26-19(29)18-13-33-22(27-18)28-9-5-15(6-10-28)32-21-24-7-2-8-25-21/h2-4,7-8,11,13,15H,5-6,9-10,12H2,1H3,(H,26,29). The maximum absolute atomic E-state index is 12.8. The molecule has 0 spiro atoms. The highest BCUT2D eigenvalue weighted by molar-refractivity contribution is 7.14. The van der Waals surface area contributed by atoms with Gasteiger partial charge < -0.3 is 19.7 Å². The van der Waals surface area contributed by atoms with E-state index in [1.807, 2.05) is 0 Å². The van der Waals surface area contributed by atoms with E-state index in [0.29, 0.717) is 11.7 Å². The van der Waals surface area contributed by atoms with Crippen LogP contribution in [-0.4, -0.2) is 53.1 Å². The maximum Gasteiger partial charge on any atom is 0.339 e. The molecule has 1 aromatic carbocycles. The number of aromatic nitrogens is 3. The Hall–Kier alpha value is -3.24. The van der Waals surface area contributed by atoms with Crippen molar-refractivity contribution in [1.82, 2.24) is 15.0 Å². The minimum Gasteiger partial charge on any atom is -0.465 e. The second-order valence-electron chi connectivity index (χ2n) is 7.31. The van der Waals surface area contributed by atoms with Crippen LogP contribution in [0, 0.1) is 0 Å². The van der Waals surface area contributed by atoms with Crippen molar-refractivity contribution in [1.29, 1.82) is 0 Å². The molecule has 9 nitrogen and oxygen atoms in total. The van der Waals surface area contributed by atoms with Crippen LogP contribution in [-0.2, 0) is 10.6 Å². The molecule has 11 heteroatoms. The first-order valence-corrected chi connectivity index (χ1v) is 11.7. The first-order chi connectivity index (χ1) is 16.1. The number of piperidine rings is 1. The van der Waals surface area contributed by atoms with Gasteiger partial charge in [-0.1, -0.05) is 6.07 Å². The molecule has 1 fully saturated rings. The molecule has 1 amide bonds. The van der Waals surface area contributed by atoms with Crippen molar-refractivity contribution in [2.24, 2.45) is 0 Å². The average molecular weight is 488 g/mol. The van der Waals surface area contributed by atoms with Crippen molar-refractivity contribution in [2.75, 3.05) is 30.4 Å². The van der Waals surface area contributed by atoms with Crippen LogP contribution >= 0.6 is 22.9 Å². The van der Waals surface area contributed by atoms with Crippen LogP contribution in [0.15, 0.2) is 42.0 Å². The normalized spacial score (nSPS) is 14.1. The van der Waals surface area contributed by atoms with Crippen LogP contribution < -0.4 is 15.0 Å². The largest absolute Gasteiger partial charge is 0.465 e. The second kappa shape index (κ2) is 10.6. The van der Waals surface area contributed by atoms with Gasteiger partial charge in [0.25, 0.3) is 5.91 Å². The van der Waals surface area contributed by atoms with Crippen LogP contribution in [0.5, 0.6) is 6.01 Å². The fourth-order valence-corrected chi connectivity index (χ4v) is 4.45. The Balaban J connectivity index is 1.38. The van der Waals surface area contributed by atoms with Gasteiger partial charge in [-0.3, -0.25) is 4.79 Å². The molecule has 2 aromatic heterocycles. The predicted molar refractivity (Wildman–Crippen MR) is 125 cm³/mol. The number of rotatable bonds is 7. The summed E-state index contributed by atoms with van der Waals surface area (Å²) in [6.07, 6.45) is 4.95. The number of thiazole rings is 1. The zero-order valence-electron chi connectivity index (χ0n) is 17.9. The topological polar surface area (TPSA) is 107 Å². The lowest BCUT2D eigenvalue weighted by molar-refractivity contribution is 0.0602. The average Bonchev–Trinajstić information content (AvgIpc) is 3.35. The number of carbonyl (C=O) groups excluding carboxylic acids is 2. The zero-order chi connectivity index (χ0) is 23.2. The Morgan fingerprint density at radius 1 is 1.24 bits per heavy atom. The van der Waals surface area contributed by atoms with Crippen LogP contribution in [0.25, 0.3) is 0 Å². The van der Waals surface area contributed by atoms with Gasteiger partial charge >= 0.3 is 12.0 Å². The fraction of sp³-hybridized carbons (Fsp3) is 0.318. The predicted octanol–water partition coefficient (Wildman–Crippen LogP) is 3.76. The molecule has 33 heavy (non-hydrogen) atoms. The van der Waals surface area contributed by atoms with E-state index in [1.165, 1.54) is 18.4 Å². The summed E-state index contributed by atoms with van der Waals surface area (Å²) in [7, 11) is 1.29. The molecule has 172 valence electrons. The Labute approximate surface area is 199 Å². The molecule has 0 bridgehead atoms. The number of methoxy groups -OCH3 is 1. The van der Waals surface area contributed by atoms with Gasteiger partial charge in [0.05, 0.1) is 18.4 Å². The summed E-state index contributed by atoms with van der Waals surface area (Å²) in [6.45, 7) is 1.50. The van der Waals surface area contributed by atoms with Crippen LogP contribution in [0.4, 0.5) is 10.8 Å². The number of anilines is 2. The highest BCUT2D eigenvalue weighted by atomic mass is 35.5. The van der Waals surface area contributed by atoms with E-state index >= 15 is 0 Å². The number of esters is 1. The summed E-state index contributed by atoms with van der Waals surface area (Å²) in [5.74, 6) is -0.712. The van der Waals surface area contributed by atoms with Gasteiger partial charge in [-0.15, -0.1) is 22.9 Å². The molecule has 0 atom stereocenters. The Morgan fingerprint density at radius 3 is 2.70 bits per heavy atom. The van der Waals surface area contributed by atoms with Gasteiger partial charge in [0.15, 0.2) is 5.13 Å². The summed E-state index contributed by atoms with van der Waals surface area (Å²) < 4.78 is 10.7. The number of carbonyl (C=O) groups is 2. The molecule has 1 saturated heterocycles. The van der Waals surface area contributed by atoms with Gasteiger partial charge in [0, 0.05) is 49.6 Å². The Bertz CT molecular complexity index is 1120. The summed E-state index contributed by atoms with van der Waals surface area (Å²) in [6, 6.07) is 7.12. The van der Waals surface area contributed by atoms with Crippen molar-refractivity contribution in [3.8, 4) is 6.01 Å². The monoisotopic (exact) mass is 487 g/mol. The molecule has 3 heterocycles. The SMILES string of the molecule is COC(=O)c1cc(CCl)ccc1NC(=O)c1csc(N2CCC(Oc3ncccn3)CC2)n1. The smallest absolute Gasteiger partial charge is 0.339 e. The lowest BCUT2D eigenvalue weighted by atomic mass is 10.1. The fourth-order valence-electron chi connectivity index (χ4n) is 3.42. The first kappa shape index (κ1) is 22.9. The molecule has 0 unspecified atom stereocenters. The molecule has 0 saturated carbocycles. The molecule has 0 radical (unpaired) electrons. The highest BCUT2D eigenvalue weighted by Gasteiger charge is 2.24. The van der Waals surface area contributed by atoms with E-state index in [0.717, 1.165) is 36.6 Å². The minimum absolute atomic E-state index is 0.0408. The van der Waals surface area contributed by atoms with E-state index in [2.05, 4.69) is 25.2 Å². The molecule has 1 aliphatic rings. The van der Waals surface area contributed by atoms with E-state index in [9.17, 15) is 9.59 Å². The lowest BCUT2D eigenvalue weighted by Gasteiger charge is -2.31. The number of alkyl halides is 1. The molecule has 1 N–H and O–H groups in total. The molecular weight excluding hydrogens is 466 g/mol. The second-order valence-corrected chi connectivity index (χ2v) is 8.41. The summed E-state index contributed by atoms with van der Waals surface area (Å²) >= 11 is 7.26. The van der Waals surface area contributed by atoms with Crippen molar-refractivity contribution in [3.63, 3.8) is 0 Å².